The number of halogens is 4. The molecule has 0 atom stereocenters. The van der Waals surface area contributed by atoms with Crippen LogP contribution in [0.1, 0.15) is 18.4 Å². The molecule has 0 spiro atoms. The van der Waals surface area contributed by atoms with Gasteiger partial charge in [-0.2, -0.15) is 18.4 Å². The van der Waals surface area contributed by atoms with Crippen molar-refractivity contribution < 1.29 is 21.6 Å². The topological polar surface area (TPSA) is 70.0 Å². The number of anilines is 1. The number of nitrogens with one attached hydrogen (secondary N) is 1. The maximum atomic E-state index is 12.0. The molecule has 20 heavy (non-hydrogen) atoms. The highest BCUT2D eigenvalue weighted by Crippen LogP contribution is 2.24. The zero-order valence-electron chi connectivity index (χ0n) is 10.0. The van der Waals surface area contributed by atoms with Crippen molar-refractivity contribution in [1.29, 1.82) is 5.26 Å². The molecule has 9 heteroatoms. The molecule has 0 heterocycles. The average molecular weight is 371 g/mol. The Hall–Kier alpha value is -1.27. The smallest absolute Gasteiger partial charge is 0.282 e. The normalized spacial score (nSPS) is 11.9. The third-order valence-electron chi connectivity index (χ3n) is 2.24. The Balaban J connectivity index is 2.77. The highest BCUT2D eigenvalue weighted by Gasteiger charge is 2.27. The van der Waals surface area contributed by atoms with Crippen molar-refractivity contribution in [2.45, 2.75) is 19.0 Å². The van der Waals surface area contributed by atoms with Gasteiger partial charge in [-0.05, 0) is 24.6 Å². The summed E-state index contributed by atoms with van der Waals surface area (Å²) >= 11 is 3.12. The van der Waals surface area contributed by atoms with E-state index in [4.69, 9.17) is 5.26 Å². The first-order chi connectivity index (χ1) is 9.13. The largest absolute Gasteiger partial charge is 0.389 e. The van der Waals surface area contributed by atoms with E-state index in [9.17, 15) is 21.6 Å². The molecule has 1 rings (SSSR count). The molecular weight excluding hydrogens is 361 g/mol. The molecule has 1 N–H and O–H groups in total. The summed E-state index contributed by atoms with van der Waals surface area (Å²) in [6, 6.07) is 6.13. The van der Waals surface area contributed by atoms with Crippen LogP contribution in [0.4, 0.5) is 18.9 Å². The van der Waals surface area contributed by atoms with E-state index in [2.05, 4.69) is 20.7 Å². The summed E-state index contributed by atoms with van der Waals surface area (Å²) in [5.74, 6) is -0.663. The van der Waals surface area contributed by atoms with Crippen LogP contribution >= 0.6 is 15.9 Å². The van der Waals surface area contributed by atoms with Crippen LogP contribution in [0.3, 0.4) is 0 Å². The molecule has 110 valence electrons. The standard InChI is InChI=1S/C11H10BrF3N2O2S/c12-9-3-2-8(7-16)10(6-9)17-20(18,19)5-1-4-11(13,14)15/h2-3,6,17H,1,4-5H2. The summed E-state index contributed by atoms with van der Waals surface area (Å²) in [6.07, 6.45) is -6.09. The van der Waals surface area contributed by atoms with Crippen LogP contribution in [0.5, 0.6) is 0 Å². The third kappa shape index (κ3) is 5.79. The highest BCUT2D eigenvalue weighted by molar-refractivity contribution is 9.10. The number of rotatable bonds is 5. The summed E-state index contributed by atoms with van der Waals surface area (Å²) in [5, 5.41) is 8.84. The molecule has 0 amide bonds. The zero-order chi connectivity index (χ0) is 15.4. The van der Waals surface area contributed by atoms with Gasteiger partial charge in [0.15, 0.2) is 0 Å². The van der Waals surface area contributed by atoms with E-state index in [1.807, 2.05) is 0 Å². The summed E-state index contributed by atoms with van der Waals surface area (Å²) in [5.41, 5.74) is 0.126. The summed E-state index contributed by atoms with van der Waals surface area (Å²) in [6.45, 7) is 0. The van der Waals surface area contributed by atoms with E-state index >= 15 is 0 Å². The van der Waals surface area contributed by atoms with Gasteiger partial charge in [0.2, 0.25) is 10.0 Å². The van der Waals surface area contributed by atoms with Gasteiger partial charge >= 0.3 is 6.18 Å². The Morgan fingerprint density at radius 3 is 2.55 bits per heavy atom. The van der Waals surface area contributed by atoms with Gasteiger partial charge in [0.1, 0.15) is 6.07 Å². The highest BCUT2D eigenvalue weighted by atomic mass is 79.9. The Bertz CT molecular complexity index is 624. The molecule has 0 fully saturated rings. The van der Waals surface area contributed by atoms with Crippen LogP contribution in [-0.2, 0) is 10.0 Å². The maximum Gasteiger partial charge on any atom is 0.389 e. The van der Waals surface area contributed by atoms with Gasteiger partial charge in [-0.1, -0.05) is 15.9 Å². The molecule has 1 aromatic carbocycles. The van der Waals surface area contributed by atoms with Crippen LogP contribution in [0.25, 0.3) is 0 Å². The van der Waals surface area contributed by atoms with E-state index < -0.39 is 34.8 Å². The Morgan fingerprint density at radius 2 is 2.00 bits per heavy atom. The average Bonchev–Trinajstić information content (AvgIpc) is 2.26. The quantitative estimate of drug-likeness (QED) is 0.863. The van der Waals surface area contributed by atoms with Crippen molar-refractivity contribution in [3.8, 4) is 6.07 Å². The number of nitrogens with zero attached hydrogens (tertiary/aromatic N) is 1. The Kier molecular flexibility index (Phi) is 5.42. The van der Waals surface area contributed by atoms with Crippen LogP contribution in [0.2, 0.25) is 0 Å². The minimum atomic E-state index is -4.39. The SMILES string of the molecule is N#Cc1ccc(Br)cc1NS(=O)(=O)CCCC(F)(F)F. The number of sulfonamides is 1. The van der Waals surface area contributed by atoms with Gasteiger partial charge in [0.05, 0.1) is 17.0 Å². The van der Waals surface area contributed by atoms with Gasteiger partial charge in [-0.25, -0.2) is 8.42 Å². The fourth-order valence-electron chi connectivity index (χ4n) is 1.38. The second-order valence-corrected chi connectivity index (χ2v) is 6.70. The first-order valence-electron chi connectivity index (χ1n) is 5.40. The van der Waals surface area contributed by atoms with E-state index in [-0.39, 0.29) is 11.3 Å². The van der Waals surface area contributed by atoms with Crippen molar-refractivity contribution >= 4 is 31.6 Å². The fourth-order valence-corrected chi connectivity index (χ4v) is 2.87. The van der Waals surface area contributed by atoms with Gasteiger partial charge < -0.3 is 0 Å². The van der Waals surface area contributed by atoms with Gasteiger partial charge in [-0.3, -0.25) is 4.72 Å². The zero-order valence-corrected chi connectivity index (χ0v) is 12.4. The molecule has 0 aliphatic rings. The molecule has 0 unspecified atom stereocenters. The first kappa shape index (κ1) is 16.8. The lowest BCUT2D eigenvalue weighted by atomic mass is 10.2. The number of benzene rings is 1. The molecule has 0 aromatic heterocycles. The van der Waals surface area contributed by atoms with E-state index in [0.29, 0.717) is 4.47 Å². The molecular formula is C11H10BrF3N2O2S. The van der Waals surface area contributed by atoms with Crippen LogP contribution in [-0.4, -0.2) is 20.3 Å². The van der Waals surface area contributed by atoms with Crippen LogP contribution < -0.4 is 4.72 Å². The lowest BCUT2D eigenvalue weighted by Gasteiger charge is -2.10. The van der Waals surface area contributed by atoms with E-state index in [0.717, 1.165) is 0 Å². The summed E-state index contributed by atoms with van der Waals surface area (Å²) in [7, 11) is -3.93. The number of alkyl halides is 3. The van der Waals surface area contributed by atoms with Crippen molar-refractivity contribution in [2.75, 3.05) is 10.5 Å². The number of hydrogen-bond acceptors (Lipinski definition) is 3. The molecule has 1 aromatic rings. The maximum absolute atomic E-state index is 12.0. The third-order valence-corrected chi connectivity index (χ3v) is 4.09. The summed E-state index contributed by atoms with van der Waals surface area (Å²) < 4.78 is 61.9. The minimum Gasteiger partial charge on any atom is -0.282 e. The Labute approximate surface area is 122 Å². The molecule has 0 saturated carbocycles. The first-order valence-corrected chi connectivity index (χ1v) is 7.84. The van der Waals surface area contributed by atoms with Crippen molar-refractivity contribution in [2.24, 2.45) is 0 Å². The molecule has 4 nitrogen and oxygen atoms in total. The fraction of sp³-hybridized carbons (Fsp3) is 0.364. The number of nitriles is 1. The molecule has 0 aliphatic carbocycles. The van der Waals surface area contributed by atoms with Crippen molar-refractivity contribution in [3.05, 3.63) is 28.2 Å². The molecule has 0 aliphatic heterocycles. The van der Waals surface area contributed by atoms with E-state index in [1.165, 1.54) is 12.1 Å². The van der Waals surface area contributed by atoms with Gasteiger partial charge in [0.25, 0.3) is 0 Å². The monoisotopic (exact) mass is 370 g/mol. The number of hydrogen-bond donors (Lipinski definition) is 1. The van der Waals surface area contributed by atoms with Gasteiger partial charge in [0, 0.05) is 10.9 Å². The lowest BCUT2D eigenvalue weighted by molar-refractivity contribution is -0.134. The second kappa shape index (κ2) is 6.45. The van der Waals surface area contributed by atoms with Crippen LogP contribution in [0.15, 0.2) is 22.7 Å². The predicted octanol–water partition coefficient (Wildman–Crippen LogP) is 3.40. The van der Waals surface area contributed by atoms with E-state index in [1.54, 1.807) is 12.1 Å². The molecule has 0 radical (unpaired) electrons. The Morgan fingerprint density at radius 1 is 1.35 bits per heavy atom. The molecule has 0 bridgehead atoms. The second-order valence-electron chi connectivity index (χ2n) is 3.94. The van der Waals surface area contributed by atoms with Crippen molar-refractivity contribution in [3.63, 3.8) is 0 Å². The lowest BCUT2D eigenvalue weighted by Crippen LogP contribution is -2.19. The van der Waals surface area contributed by atoms with Gasteiger partial charge in [-0.15, -0.1) is 0 Å². The summed E-state index contributed by atoms with van der Waals surface area (Å²) in [4.78, 5) is 0. The van der Waals surface area contributed by atoms with Crippen molar-refractivity contribution in [1.82, 2.24) is 0 Å². The van der Waals surface area contributed by atoms with Crippen LogP contribution in [0, 0.1) is 11.3 Å². The minimum absolute atomic E-state index is 0.0360. The molecule has 0 saturated heterocycles. The predicted molar refractivity (Wildman–Crippen MR) is 71.6 cm³/mol.